The molecule has 66 valence electrons. The lowest BCUT2D eigenvalue weighted by Crippen LogP contribution is -2.03. The molecule has 0 radical (unpaired) electrons. The van der Waals surface area contributed by atoms with E-state index in [0.717, 1.165) is 5.56 Å². The number of carbonyl (C=O) groups is 1. The first-order valence-corrected chi connectivity index (χ1v) is 4.02. The van der Waals surface area contributed by atoms with Gasteiger partial charge in [-0.25, -0.2) is 4.79 Å². The zero-order valence-electron chi connectivity index (χ0n) is 7.37. The highest BCUT2D eigenvalue weighted by atomic mass is 16.4. The molecule has 1 aromatic carbocycles. The second kappa shape index (κ2) is 3.77. The molecule has 1 aromatic rings. The van der Waals surface area contributed by atoms with Gasteiger partial charge in [0.05, 0.1) is 5.56 Å². The molecular formula is C11H10O2. The van der Waals surface area contributed by atoms with Crippen molar-refractivity contribution >= 4 is 5.97 Å². The van der Waals surface area contributed by atoms with Crippen LogP contribution >= 0.6 is 0 Å². The molecule has 2 heteroatoms. The monoisotopic (exact) mass is 174 g/mol. The van der Waals surface area contributed by atoms with Gasteiger partial charge in [-0.05, 0) is 24.1 Å². The van der Waals surface area contributed by atoms with Crippen LogP contribution in [0.15, 0.2) is 18.2 Å². The Labute approximate surface area is 77.2 Å². The maximum Gasteiger partial charge on any atom is 0.336 e. The number of carboxylic acids is 1. The van der Waals surface area contributed by atoms with Crippen LogP contribution in [0.5, 0.6) is 0 Å². The minimum atomic E-state index is -0.922. The van der Waals surface area contributed by atoms with E-state index >= 15 is 0 Å². The van der Waals surface area contributed by atoms with Gasteiger partial charge in [0.2, 0.25) is 0 Å². The van der Waals surface area contributed by atoms with E-state index in [2.05, 4.69) is 5.92 Å². The summed E-state index contributed by atoms with van der Waals surface area (Å²) in [5, 5.41) is 8.85. The molecule has 0 amide bonds. The molecule has 0 heterocycles. The summed E-state index contributed by atoms with van der Waals surface area (Å²) in [7, 11) is 0. The fraction of sp³-hybridized carbons (Fsp3) is 0.182. The molecule has 0 saturated carbocycles. The van der Waals surface area contributed by atoms with Gasteiger partial charge in [-0.15, -0.1) is 6.42 Å². The maximum absolute atomic E-state index is 10.8. The summed E-state index contributed by atoms with van der Waals surface area (Å²) >= 11 is 0. The van der Waals surface area contributed by atoms with Gasteiger partial charge in [-0.3, -0.25) is 0 Å². The first kappa shape index (κ1) is 9.34. The van der Waals surface area contributed by atoms with Gasteiger partial charge in [-0.1, -0.05) is 18.9 Å². The summed E-state index contributed by atoms with van der Waals surface area (Å²) in [6.45, 7) is 1.89. The standard InChI is InChI=1S/C11H10O2/c1-3-8-6-5-7-10(11(12)13)9(8)4-2/h1,5-7H,4H2,2H3,(H,12,13). The Balaban J connectivity index is 3.38. The second-order valence-electron chi connectivity index (χ2n) is 2.63. The first-order valence-electron chi connectivity index (χ1n) is 4.02. The molecule has 0 atom stereocenters. The Hall–Kier alpha value is -1.75. The maximum atomic E-state index is 10.8. The molecular weight excluding hydrogens is 164 g/mol. The summed E-state index contributed by atoms with van der Waals surface area (Å²) in [5.74, 6) is 1.56. The Morgan fingerprint density at radius 1 is 1.62 bits per heavy atom. The van der Waals surface area contributed by atoms with Crippen molar-refractivity contribution < 1.29 is 9.90 Å². The smallest absolute Gasteiger partial charge is 0.336 e. The fourth-order valence-electron chi connectivity index (χ4n) is 1.30. The van der Waals surface area contributed by atoms with Crippen LogP contribution in [-0.4, -0.2) is 11.1 Å². The van der Waals surface area contributed by atoms with Crippen molar-refractivity contribution in [2.75, 3.05) is 0 Å². The minimum absolute atomic E-state index is 0.304. The number of hydrogen-bond acceptors (Lipinski definition) is 1. The Morgan fingerprint density at radius 3 is 2.77 bits per heavy atom. The molecule has 0 aliphatic carbocycles. The topological polar surface area (TPSA) is 37.3 Å². The highest BCUT2D eigenvalue weighted by molar-refractivity contribution is 5.90. The molecule has 0 spiro atoms. The summed E-state index contributed by atoms with van der Waals surface area (Å²) in [4.78, 5) is 10.8. The van der Waals surface area contributed by atoms with Crippen molar-refractivity contribution in [1.82, 2.24) is 0 Å². The average molecular weight is 174 g/mol. The highest BCUT2D eigenvalue weighted by Gasteiger charge is 2.10. The van der Waals surface area contributed by atoms with Crippen molar-refractivity contribution in [3.8, 4) is 12.3 Å². The molecule has 0 unspecified atom stereocenters. The van der Waals surface area contributed by atoms with Crippen molar-refractivity contribution in [2.45, 2.75) is 13.3 Å². The number of carboxylic acid groups (broad SMARTS) is 1. The fourth-order valence-corrected chi connectivity index (χ4v) is 1.30. The van der Waals surface area contributed by atoms with Gasteiger partial charge < -0.3 is 5.11 Å². The number of hydrogen-bond donors (Lipinski definition) is 1. The van der Waals surface area contributed by atoms with Crippen molar-refractivity contribution in [3.63, 3.8) is 0 Å². The normalized spacial score (nSPS) is 9.23. The third-order valence-corrected chi connectivity index (χ3v) is 1.92. The third kappa shape index (κ3) is 1.70. The average Bonchev–Trinajstić information content (AvgIpc) is 2.16. The lowest BCUT2D eigenvalue weighted by atomic mass is 9.99. The molecule has 0 fully saturated rings. The predicted molar refractivity (Wildman–Crippen MR) is 50.7 cm³/mol. The third-order valence-electron chi connectivity index (χ3n) is 1.92. The van der Waals surface area contributed by atoms with Crippen molar-refractivity contribution in [1.29, 1.82) is 0 Å². The Morgan fingerprint density at radius 2 is 2.31 bits per heavy atom. The van der Waals surface area contributed by atoms with Crippen LogP contribution in [-0.2, 0) is 6.42 Å². The van der Waals surface area contributed by atoms with E-state index in [-0.39, 0.29) is 0 Å². The van der Waals surface area contributed by atoms with E-state index in [1.807, 2.05) is 6.92 Å². The van der Waals surface area contributed by atoms with Crippen LogP contribution in [0.4, 0.5) is 0 Å². The second-order valence-corrected chi connectivity index (χ2v) is 2.63. The lowest BCUT2D eigenvalue weighted by molar-refractivity contribution is 0.0695. The van der Waals surface area contributed by atoms with E-state index < -0.39 is 5.97 Å². The van der Waals surface area contributed by atoms with Gasteiger partial charge in [0, 0.05) is 5.56 Å². The van der Waals surface area contributed by atoms with Crippen LogP contribution in [0.2, 0.25) is 0 Å². The zero-order valence-corrected chi connectivity index (χ0v) is 7.37. The molecule has 0 saturated heterocycles. The first-order chi connectivity index (χ1) is 6.20. The van der Waals surface area contributed by atoms with E-state index in [9.17, 15) is 4.79 Å². The number of benzene rings is 1. The van der Waals surface area contributed by atoms with Crippen molar-refractivity contribution in [3.05, 3.63) is 34.9 Å². The molecule has 0 aliphatic heterocycles. The predicted octanol–water partition coefficient (Wildman–Crippen LogP) is 1.93. The van der Waals surface area contributed by atoms with Crippen LogP contribution in [0.3, 0.4) is 0 Å². The van der Waals surface area contributed by atoms with E-state index in [1.54, 1.807) is 18.2 Å². The van der Waals surface area contributed by atoms with E-state index in [1.165, 1.54) is 0 Å². The van der Waals surface area contributed by atoms with Gasteiger partial charge in [0.25, 0.3) is 0 Å². The number of aromatic carboxylic acids is 1. The van der Waals surface area contributed by atoms with Crippen LogP contribution in [0.1, 0.15) is 28.4 Å². The van der Waals surface area contributed by atoms with Gasteiger partial charge >= 0.3 is 5.97 Å². The molecule has 0 aliphatic rings. The molecule has 0 bridgehead atoms. The van der Waals surface area contributed by atoms with Crippen LogP contribution in [0, 0.1) is 12.3 Å². The van der Waals surface area contributed by atoms with Crippen LogP contribution in [0.25, 0.3) is 0 Å². The molecule has 1 rings (SSSR count). The van der Waals surface area contributed by atoms with Crippen LogP contribution < -0.4 is 0 Å². The molecule has 1 N–H and O–H groups in total. The number of terminal acetylenes is 1. The highest BCUT2D eigenvalue weighted by Crippen LogP contribution is 2.14. The lowest BCUT2D eigenvalue weighted by Gasteiger charge is -2.05. The van der Waals surface area contributed by atoms with E-state index in [4.69, 9.17) is 11.5 Å². The Bertz CT molecular complexity index is 372. The summed E-state index contributed by atoms with van der Waals surface area (Å²) < 4.78 is 0. The summed E-state index contributed by atoms with van der Waals surface area (Å²) in [5.41, 5.74) is 1.71. The largest absolute Gasteiger partial charge is 0.478 e. The molecule has 2 nitrogen and oxygen atoms in total. The van der Waals surface area contributed by atoms with Gasteiger partial charge in [-0.2, -0.15) is 0 Å². The summed E-state index contributed by atoms with van der Waals surface area (Å²) in [6, 6.07) is 4.99. The molecule has 13 heavy (non-hydrogen) atoms. The summed E-state index contributed by atoms with van der Waals surface area (Å²) in [6.07, 6.45) is 5.89. The molecule has 0 aromatic heterocycles. The van der Waals surface area contributed by atoms with E-state index in [0.29, 0.717) is 17.5 Å². The zero-order chi connectivity index (χ0) is 9.84. The quantitative estimate of drug-likeness (QED) is 0.695. The Kier molecular flexibility index (Phi) is 2.71. The van der Waals surface area contributed by atoms with Gasteiger partial charge in [0.1, 0.15) is 0 Å². The SMILES string of the molecule is C#Cc1cccc(C(=O)O)c1CC. The van der Waals surface area contributed by atoms with Gasteiger partial charge in [0.15, 0.2) is 0 Å². The minimum Gasteiger partial charge on any atom is -0.478 e. The van der Waals surface area contributed by atoms with Crippen molar-refractivity contribution in [2.24, 2.45) is 0 Å². The number of rotatable bonds is 2.